The smallest absolute Gasteiger partial charge is 0.130 e. The van der Waals surface area contributed by atoms with Gasteiger partial charge in [0.2, 0.25) is 0 Å². The quantitative estimate of drug-likeness (QED) is 0.785. The van der Waals surface area contributed by atoms with Crippen LogP contribution in [0.3, 0.4) is 0 Å². The van der Waals surface area contributed by atoms with E-state index in [0.717, 1.165) is 28.6 Å². The molecule has 0 unspecified atom stereocenters. The van der Waals surface area contributed by atoms with E-state index in [0.29, 0.717) is 16.1 Å². The molecule has 0 saturated heterocycles. The molecule has 0 amide bonds. The molecule has 2 aromatic rings. The molecule has 0 atom stereocenters. The van der Waals surface area contributed by atoms with Crippen LogP contribution < -0.4 is 5.32 Å². The number of anilines is 1. The van der Waals surface area contributed by atoms with E-state index in [1.54, 1.807) is 6.07 Å². The molecule has 0 aliphatic heterocycles. The second kappa shape index (κ2) is 6.27. The van der Waals surface area contributed by atoms with Gasteiger partial charge >= 0.3 is 0 Å². The second-order valence-corrected chi connectivity index (χ2v) is 7.52. The number of benzene rings is 1. The highest BCUT2D eigenvalue weighted by molar-refractivity contribution is 7.00. The summed E-state index contributed by atoms with van der Waals surface area (Å²) in [7, 11) is 0. The molecule has 0 bridgehead atoms. The van der Waals surface area contributed by atoms with Gasteiger partial charge in [-0.25, -0.2) is 0 Å². The van der Waals surface area contributed by atoms with E-state index < -0.39 is 0 Å². The van der Waals surface area contributed by atoms with Gasteiger partial charge in [-0.05, 0) is 43.6 Å². The Bertz CT molecular complexity index is 633. The van der Waals surface area contributed by atoms with Crippen LogP contribution in [0.2, 0.25) is 10.0 Å². The topological polar surface area (TPSA) is 37.8 Å². The summed E-state index contributed by atoms with van der Waals surface area (Å²) < 4.78 is 8.60. The minimum Gasteiger partial charge on any atom is -0.379 e. The zero-order valence-electron chi connectivity index (χ0n) is 12.2. The third kappa shape index (κ3) is 3.13. The summed E-state index contributed by atoms with van der Waals surface area (Å²) in [6, 6.07) is 2.22. The van der Waals surface area contributed by atoms with Crippen molar-refractivity contribution in [3.8, 4) is 0 Å². The van der Waals surface area contributed by atoms with E-state index in [2.05, 4.69) is 27.9 Å². The molecule has 21 heavy (non-hydrogen) atoms. The lowest BCUT2D eigenvalue weighted by atomic mass is 9.79. The van der Waals surface area contributed by atoms with Gasteiger partial charge in [-0.1, -0.05) is 37.0 Å². The number of hydrogen-bond acceptors (Lipinski definition) is 4. The Morgan fingerprint density at radius 2 is 1.76 bits per heavy atom. The minimum absolute atomic E-state index is 0.462. The fourth-order valence-electron chi connectivity index (χ4n) is 3.15. The number of fused-ring (bicyclic) bond motifs is 1. The predicted molar refractivity (Wildman–Crippen MR) is 91.6 cm³/mol. The zero-order chi connectivity index (χ0) is 15.0. The first-order valence-corrected chi connectivity index (χ1v) is 8.91. The predicted octanol–water partition coefficient (Wildman–Crippen LogP) is 5.62. The molecule has 3 rings (SSSR count). The van der Waals surface area contributed by atoms with Gasteiger partial charge < -0.3 is 5.32 Å². The van der Waals surface area contributed by atoms with Crippen LogP contribution in [0, 0.1) is 11.8 Å². The van der Waals surface area contributed by atoms with Gasteiger partial charge in [0.25, 0.3) is 0 Å². The average Bonchev–Trinajstić information content (AvgIpc) is 2.93. The number of nitrogens with one attached hydrogen (secondary N) is 1. The molecular weight excluding hydrogens is 325 g/mol. The maximum atomic E-state index is 6.35. The van der Waals surface area contributed by atoms with E-state index in [1.807, 2.05) is 0 Å². The molecule has 0 spiro atoms. The van der Waals surface area contributed by atoms with Crippen molar-refractivity contribution in [3.05, 3.63) is 16.1 Å². The van der Waals surface area contributed by atoms with Crippen molar-refractivity contribution < 1.29 is 0 Å². The maximum absolute atomic E-state index is 6.35. The normalized spacial score (nSPS) is 22.9. The lowest BCUT2D eigenvalue weighted by Crippen LogP contribution is -2.28. The van der Waals surface area contributed by atoms with Gasteiger partial charge in [0, 0.05) is 6.04 Å². The number of rotatable bonds is 3. The van der Waals surface area contributed by atoms with Gasteiger partial charge in [-0.3, -0.25) is 0 Å². The first-order valence-electron chi connectivity index (χ1n) is 7.43. The molecule has 1 N–H and O–H groups in total. The highest BCUT2D eigenvalue weighted by Crippen LogP contribution is 2.38. The first kappa shape index (κ1) is 15.3. The maximum Gasteiger partial charge on any atom is 0.130 e. The SMILES string of the molecule is CC(C)C1CCC(Nc2c(Cl)cc(Cl)c3nsnc23)CC1. The molecule has 1 saturated carbocycles. The Labute approximate surface area is 139 Å². The number of aromatic nitrogens is 2. The minimum atomic E-state index is 0.462. The average molecular weight is 344 g/mol. The standard InChI is InChI=1S/C15H19Cl2N3S/c1-8(2)9-3-5-10(6-4-9)18-13-11(16)7-12(17)14-15(13)20-21-19-14/h7-10,18H,3-6H2,1-2H3. The Hall–Kier alpha value is -0.580. The summed E-state index contributed by atoms with van der Waals surface area (Å²) in [6.45, 7) is 4.64. The molecule has 6 heteroatoms. The Kier molecular flexibility index (Phi) is 4.57. The van der Waals surface area contributed by atoms with Crippen molar-refractivity contribution in [3.63, 3.8) is 0 Å². The van der Waals surface area contributed by atoms with Gasteiger partial charge in [-0.15, -0.1) is 0 Å². The van der Waals surface area contributed by atoms with E-state index in [1.165, 1.54) is 37.4 Å². The van der Waals surface area contributed by atoms with Crippen molar-refractivity contribution in [1.82, 2.24) is 8.75 Å². The Morgan fingerprint density at radius 3 is 2.43 bits per heavy atom. The summed E-state index contributed by atoms with van der Waals surface area (Å²) in [5, 5.41) is 4.78. The third-order valence-corrected chi connectivity index (χ3v) is 5.62. The molecule has 1 aliphatic carbocycles. The summed E-state index contributed by atoms with van der Waals surface area (Å²) in [5.41, 5.74) is 2.42. The monoisotopic (exact) mass is 343 g/mol. The van der Waals surface area contributed by atoms with Crippen molar-refractivity contribution in [2.45, 2.75) is 45.6 Å². The molecule has 1 fully saturated rings. The van der Waals surface area contributed by atoms with Crippen molar-refractivity contribution in [2.24, 2.45) is 11.8 Å². The largest absolute Gasteiger partial charge is 0.379 e. The van der Waals surface area contributed by atoms with Crippen LogP contribution in [0.25, 0.3) is 11.0 Å². The van der Waals surface area contributed by atoms with Gasteiger partial charge in [0.05, 0.1) is 27.5 Å². The van der Waals surface area contributed by atoms with E-state index in [4.69, 9.17) is 23.2 Å². The van der Waals surface area contributed by atoms with Crippen LogP contribution in [-0.4, -0.2) is 14.8 Å². The molecule has 1 aromatic heterocycles. The van der Waals surface area contributed by atoms with Crippen molar-refractivity contribution in [2.75, 3.05) is 5.32 Å². The number of halogens is 2. The number of hydrogen-bond donors (Lipinski definition) is 1. The third-order valence-electron chi connectivity index (χ3n) is 4.51. The van der Waals surface area contributed by atoms with Crippen LogP contribution >= 0.6 is 34.9 Å². The van der Waals surface area contributed by atoms with Crippen molar-refractivity contribution in [1.29, 1.82) is 0 Å². The molecule has 114 valence electrons. The highest BCUT2D eigenvalue weighted by atomic mass is 35.5. The van der Waals surface area contributed by atoms with Crippen LogP contribution in [0.15, 0.2) is 6.07 Å². The Balaban J connectivity index is 1.78. The highest BCUT2D eigenvalue weighted by Gasteiger charge is 2.24. The Morgan fingerprint density at radius 1 is 1.10 bits per heavy atom. The molecule has 1 aromatic carbocycles. The fourth-order valence-corrected chi connectivity index (χ4v) is 4.31. The zero-order valence-corrected chi connectivity index (χ0v) is 14.5. The molecule has 0 radical (unpaired) electrons. The van der Waals surface area contributed by atoms with E-state index in [-0.39, 0.29) is 0 Å². The first-order chi connectivity index (χ1) is 10.1. The second-order valence-electron chi connectivity index (χ2n) is 6.18. The van der Waals surface area contributed by atoms with Gasteiger partial charge in [0.15, 0.2) is 0 Å². The van der Waals surface area contributed by atoms with E-state index >= 15 is 0 Å². The van der Waals surface area contributed by atoms with Crippen molar-refractivity contribution >= 4 is 51.7 Å². The summed E-state index contributed by atoms with van der Waals surface area (Å²) in [5.74, 6) is 1.63. The fraction of sp³-hybridized carbons (Fsp3) is 0.600. The van der Waals surface area contributed by atoms with Crippen LogP contribution in [0.4, 0.5) is 5.69 Å². The summed E-state index contributed by atoms with van der Waals surface area (Å²) in [6.07, 6.45) is 4.92. The summed E-state index contributed by atoms with van der Waals surface area (Å²) in [4.78, 5) is 0. The van der Waals surface area contributed by atoms with Crippen LogP contribution in [0.1, 0.15) is 39.5 Å². The van der Waals surface area contributed by atoms with Gasteiger partial charge in [-0.2, -0.15) is 8.75 Å². The summed E-state index contributed by atoms with van der Waals surface area (Å²) >= 11 is 13.7. The number of nitrogens with zero attached hydrogens (tertiary/aromatic N) is 2. The van der Waals surface area contributed by atoms with E-state index in [9.17, 15) is 0 Å². The lowest BCUT2D eigenvalue weighted by molar-refractivity contribution is 0.267. The van der Waals surface area contributed by atoms with Crippen LogP contribution in [0.5, 0.6) is 0 Å². The molecule has 1 heterocycles. The molecular formula is C15H19Cl2N3S. The van der Waals surface area contributed by atoms with Crippen LogP contribution in [-0.2, 0) is 0 Å². The van der Waals surface area contributed by atoms with Gasteiger partial charge in [0.1, 0.15) is 11.0 Å². The molecule has 1 aliphatic rings. The molecule has 3 nitrogen and oxygen atoms in total. The lowest BCUT2D eigenvalue weighted by Gasteiger charge is -2.32.